The highest BCUT2D eigenvalue weighted by atomic mass is 32.2. The molecule has 12 heavy (non-hydrogen) atoms. The average molecular weight is 186 g/mol. The molecule has 0 bridgehead atoms. The molecule has 2 rings (SSSR count). The molecule has 2 nitrogen and oxygen atoms in total. The summed E-state index contributed by atoms with van der Waals surface area (Å²) in [5, 5.41) is 0. The lowest BCUT2D eigenvalue weighted by Crippen LogP contribution is -2.40. The fourth-order valence-electron chi connectivity index (χ4n) is 2.44. The van der Waals surface area contributed by atoms with Crippen LogP contribution in [0.4, 0.5) is 0 Å². The summed E-state index contributed by atoms with van der Waals surface area (Å²) in [6.07, 6.45) is 2.63. The number of thioether (sulfide) groups is 1. The molecule has 2 heterocycles. The Bertz CT molecular complexity index is 151. The first-order chi connectivity index (χ1) is 5.92. The van der Waals surface area contributed by atoms with Crippen LogP contribution in [0.25, 0.3) is 0 Å². The Hall–Kier alpha value is 0.270. The van der Waals surface area contributed by atoms with E-state index in [4.69, 9.17) is 5.73 Å². The van der Waals surface area contributed by atoms with Crippen LogP contribution < -0.4 is 5.73 Å². The second-order valence-electron chi connectivity index (χ2n) is 3.80. The third-order valence-corrected chi connectivity index (χ3v) is 4.20. The van der Waals surface area contributed by atoms with Crippen molar-refractivity contribution in [2.45, 2.75) is 18.9 Å². The predicted molar refractivity (Wildman–Crippen MR) is 54.5 cm³/mol. The lowest BCUT2D eigenvalue weighted by Gasteiger charge is -2.31. The number of nitrogens with two attached hydrogens (primary N) is 1. The fourth-order valence-corrected chi connectivity index (χ4v) is 3.70. The molecule has 2 unspecified atom stereocenters. The molecule has 2 aliphatic rings. The highest BCUT2D eigenvalue weighted by molar-refractivity contribution is 7.99. The minimum absolute atomic E-state index is 0.868. The molecule has 0 radical (unpaired) electrons. The first-order valence-corrected chi connectivity index (χ1v) is 6.09. The van der Waals surface area contributed by atoms with Crippen LogP contribution in [0.2, 0.25) is 0 Å². The second-order valence-corrected chi connectivity index (χ2v) is 4.95. The number of hydrogen-bond acceptors (Lipinski definition) is 3. The van der Waals surface area contributed by atoms with Crippen molar-refractivity contribution in [1.82, 2.24) is 4.90 Å². The molecule has 0 spiro atoms. The van der Waals surface area contributed by atoms with Crippen LogP contribution in [0.15, 0.2) is 0 Å². The fraction of sp³-hybridized carbons (Fsp3) is 1.00. The molecule has 0 saturated carbocycles. The molecular weight excluding hydrogens is 168 g/mol. The molecule has 2 fully saturated rings. The van der Waals surface area contributed by atoms with Crippen molar-refractivity contribution in [2.75, 3.05) is 31.1 Å². The maximum atomic E-state index is 5.60. The number of fused-ring (bicyclic) bond motifs is 1. The van der Waals surface area contributed by atoms with E-state index in [9.17, 15) is 0 Å². The summed E-state index contributed by atoms with van der Waals surface area (Å²) in [4.78, 5) is 2.66. The maximum Gasteiger partial charge on any atom is 0.0215 e. The van der Waals surface area contributed by atoms with Gasteiger partial charge in [-0.05, 0) is 31.8 Å². The van der Waals surface area contributed by atoms with E-state index in [1.54, 1.807) is 0 Å². The Kier molecular flexibility index (Phi) is 2.94. The van der Waals surface area contributed by atoms with Crippen molar-refractivity contribution < 1.29 is 0 Å². The van der Waals surface area contributed by atoms with Gasteiger partial charge in [0.2, 0.25) is 0 Å². The van der Waals surface area contributed by atoms with Gasteiger partial charge in [0.05, 0.1) is 0 Å². The third-order valence-electron chi connectivity index (χ3n) is 3.15. The zero-order chi connectivity index (χ0) is 8.39. The zero-order valence-electron chi connectivity index (χ0n) is 7.54. The molecule has 0 amide bonds. The highest BCUT2D eigenvalue weighted by Crippen LogP contribution is 2.32. The summed E-state index contributed by atoms with van der Waals surface area (Å²) >= 11 is 2.12. The van der Waals surface area contributed by atoms with E-state index in [1.807, 2.05) is 0 Å². The Morgan fingerprint density at radius 2 is 2.33 bits per heavy atom. The lowest BCUT2D eigenvalue weighted by molar-refractivity contribution is 0.249. The van der Waals surface area contributed by atoms with Crippen LogP contribution >= 0.6 is 11.8 Å². The minimum atomic E-state index is 0.868. The smallest absolute Gasteiger partial charge is 0.0215 e. The summed E-state index contributed by atoms with van der Waals surface area (Å²) in [7, 11) is 0. The van der Waals surface area contributed by atoms with Crippen LogP contribution in [0.3, 0.4) is 0 Å². The maximum absolute atomic E-state index is 5.60. The van der Waals surface area contributed by atoms with Gasteiger partial charge in [0.1, 0.15) is 0 Å². The minimum Gasteiger partial charge on any atom is -0.330 e. The van der Waals surface area contributed by atoms with Gasteiger partial charge in [0.15, 0.2) is 0 Å². The van der Waals surface area contributed by atoms with Crippen LogP contribution in [0.5, 0.6) is 0 Å². The second kappa shape index (κ2) is 3.99. The highest BCUT2D eigenvalue weighted by Gasteiger charge is 2.34. The van der Waals surface area contributed by atoms with Gasteiger partial charge in [0.25, 0.3) is 0 Å². The van der Waals surface area contributed by atoms with E-state index < -0.39 is 0 Å². The molecule has 2 N–H and O–H groups in total. The van der Waals surface area contributed by atoms with Crippen molar-refractivity contribution in [3.63, 3.8) is 0 Å². The number of rotatable bonds is 2. The summed E-state index contributed by atoms with van der Waals surface area (Å²) in [6.45, 7) is 3.52. The van der Waals surface area contributed by atoms with E-state index in [-0.39, 0.29) is 0 Å². The number of hydrogen-bond donors (Lipinski definition) is 1. The van der Waals surface area contributed by atoms with Gasteiger partial charge in [-0.2, -0.15) is 11.8 Å². The molecule has 3 heteroatoms. The van der Waals surface area contributed by atoms with Gasteiger partial charge in [-0.25, -0.2) is 0 Å². The Labute approximate surface area is 78.9 Å². The molecule has 2 saturated heterocycles. The van der Waals surface area contributed by atoms with Crippen molar-refractivity contribution in [3.8, 4) is 0 Å². The molecule has 0 aromatic heterocycles. The van der Waals surface area contributed by atoms with Crippen LogP contribution in [-0.4, -0.2) is 42.1 Å². The first-order valence-electron chi connectivity index (χ1n) is 4.93. The van der Waals surface area contributed by atoms with Gasteiger partial charge in [-0.3, -0.25) is 4.90 Å². The zero-order valence-corrected chi connectivity index (χ0v) is 8.35. The Morgan fingerprint density at radius 3 is 3.17 bits per heavy atom. The van der Waals surface area contributed by atoms with Crippen molar-refractivity contribution in [1.29, 1.82) is 0 Å². The molecule has 2 atom stereocenters. The predicted octanol–water partition coefficient (Wildman–Crippen LogP) is 0.773. The average Bonchev–Trinajstić information content (AvgIpc) is 2.50. The third kappa shape index (κ3) is 1.63. The number of nitrogens with zero attached hydrogens (tertiary/aromatic N) is 1. The summed E-state index contributed by atoms with van der Waals surface area (Å²) in [5.74, 6) is 3.60. The largest absolute Gasteiger partial charge is 0.330 e. The summed E-state index contributed by atoms with van der Waals surface area (Å²) in [6, 6.07) is 0.868. The van der Waals surface area contributed by atoms with Gasteiger partial charge in [0, 0.05) is 24.1 Å². The van der Waals surface area contributed by atoms with Crippen molar-refractivity contribution in [2.24, 2.45) is 11.7 Å². The van der Waals surface area contributed by atoms with Crippen LogP contribution in [-0.2, 0) is 0 Å². The van der Waals surface area contributed by atoms with Crippen LogP contribution in [0, 0.1) is 5.92 Å². The van der Waals surface area contributed by atoms with E-state index >= 15 is 0 Å². The van der Waals surface area contributed by atoms with Gasteiger partial charge >= 0.3 is 0 Å². The van der Waals surface area contributed by atoms with E-state index in [1.165, 1.54) is 37.4 Å². The van der Waals surface area contributed by atoms with Crippen molar-refractivity contribution in [3.05, 3.63) is 0 Å². The topological polar surface area (TPSA) is 29.3 Å². The molecule has 0 aromatic rings. The van der Waals surface area contributed by atoms with Crippen LogP contribution in [0.1, 0.15) is 12.8 Å². The lowest BCUT2D eigenvalue weighted by atomic mass is 9.98. The first kappa shape index (κ1) is 8.85. The Morgan fingerprint density at radius 1 is 1.42 bits per heavy atom. The van der Waals surface area contributed by atoms with E-state index in [0.29, 0.717) is 0 Å². The molecule has 0 aliphatic carbocycles. The summed E-state index contributed by atoms with van der Waals surface area (Å²) in [5.41, 5.74) is 5.60. The normalized spacial score (nSPS) is 36.8. The van der Waals surface area contributed by atoms with Crippen molar-refractivity contribution >= 4 is 11.8 Å². The molecule has 70 valence electrons. The van der Waals surface area contributed by atoms with Gasteiger partial charge < -0.3 is 5.73 Å². The van der Waals surface area contributed by atoms with E-state index in [2.05, 4.69) is 16.7 Å². The standard InChI is InChI=1S/C9H18N2S/c10-3-1-8-2-4-11-5-6-12-7-9(8)11/h8-9H,1-7,10H2. The van der Waals surface area contributed by atoms with Gasteiger partial charge in [-0.1, -0.05) is 0 Å². The Balaban J connectivity index is 1.92. The molecule has 0 aromatic carbocycles. The van der Waals surface area contributed by atoms with Gasteiger partial charge in [-0.15, -0.1) is 0 Å². The quantitative estimate of drug-likeness (QED) is 0.691. The monoisotopic (exact) mass is 186 g/mol. The van der Waals surface area contributed by atoms with E-state index in [0.717, 1.165) is 18.5 Å². The summed E-state index contributed by atoms with van der Waals surface area (Å²) < 4.78 is 0. The molecular formula is C9H18N2S. The molecule has 2 aliphatic heterocycles. The SMILES string of the molecule is NCCC1CCN2CCSCC12.